The van der Waals surface area contributed by atoms with Crippen LogP contribution in [0.1, 0.15) is 26.3 Å². The summed E-state index contributed by atoms with van der Waals surface area (Å²) in [4.78, 5) is 23.7. The van der Waals surface area contributed by atoms with E-state index < -0.39 is 21.8 Å². The predicted molar refractivity (Wildman–Crippen MR) is 177 cm³/mol. The topological polar surface area (TPSA) is 108 Å². The summed E-state index contributed by atoms with van der Waals surface area (Å²) in [6, 6.07) is 22.4. The van der Waals surface area contributed by atoms with Crippen molar-refractivity contribution in [3.63, 3.8) is 0 Å². The Morgan fingerprint density at radius 2 is 1.61 bits per heavy atom. The Kier molecular flexibility index (Phi) is 10.1. The molecule has 0 radical (unpaired) electrons. The third-order valence-corrected chi connectivity index (χ3v) is 9.08. The van der Waals surface area contributed by atoms with Gasteiger partial charge in [0.2, 0.25) is 0 Å². The molecule has 0 N–H and O–H groups in total. The van der Waals surface area contributed by atoms with E-state index in [1.807, 2.05) is 37.3 Å². The highest BCUT2D eigenvalue weighted by Crippen LogP contribution is 2.32. The van der Waals surface area contributed by atoms with Crippen LogP contribution in [0.3, 0.4) is 0 Å². The highest BCUT2D eigenvalue weighted by molar-refractivity contribution is 7.86. The van der Waals surface area contributed by atoms with Gasteiger partial charge in [-0.05, 0) is 81.3 Å². The van der Waals surface area contributed by atoms with Crippen molar-refractivity contribution in [1.82, 2.24) is 9.97 Å². The van der Waals surface area contributed by atoms with Crippen LogP contribution in [0.5, 0.6) is 0 Å². The molecular weight excluding hydrogens is 630 g/mol. The average Bonchev–Trinajstić information content (AvgIpc) is 3.43. The van der Waals surface area contributed by atoms with Gasteiger partial charge in [-0.1, -0.05) is 42.0 Å². The van der Waals surface area contributed by atoms with Gasteiger partial charge >= 0.3 is 6.09 Å². The van der Waals surface area contributed by atoms with Crippen molar-refractivity contribution < 1.29 is 31.3 Å². The van der Waals surface area contributed by atoms with Gasteiger partial charge in [-0.3, -0.25) is 9.08 Å². The van der Waals surface area contributed by atoms with Crippen molar-refractivity contribution in [3.8, 4) is 21.7 Å². The van der Waals surface area contributed by atoms with Crippen molar-refractivity contribution in [3.05, 3.63) is 96.4 Å². The fourth-order valence-electron chi connectivity index (χ4n) is 4.42. The number of carbonyl (C=O) groups is 1. The van der Waals surface area contributed by atoms with Crippen molar-refractivity contribution >= 4 is 43.6 Å². The number of amides is 1. The second kappa shape index (κ2) is 14.0. The van der Waals surface area contributed by atoms with Gasteiger partial charge in [-0.2, -0.15) is 8.42 Å². The van der Waals surface area contributed by atoms with Gasteiger partial charge in [0.05, 0.1) is 41.5 Å². The number of pyridine rings is 1. The van der Waals surface area contributed by atoms with Crippen LogP contribution >= 0.6 is 11.3 Å². The molecule has 12 heteroatoms. The first-order valence-electron chi connectivity index (χ1n) is 14.6. The summed E-state index contributed by atoms with van der Waals surface area (Å²) in [5.41, 5.74) is 3.57. The molecule has 2 heterocycles. The zero-order chi connectivity index (χ0) is 32.9. The molecule has 0 aliphatic rings. The molecule has 5 rings (SSSR count). The van der Waals surface area contributed by atoms with Gasteiger partial charge in [-0.15, -0.1) is 11.3 Å². The van der Waals surface area contributed by atoms with E-state index in [1.54, 1.807) is 51.2 Å². The molecule has 0 saturated heterocycles. The molecule has 240 valence electrons. The van der Waals surface area contributed by atoms with Crippen LogP contribution in [0.25, 0.3) is 31.9 Å². The molecular formula is C34H34FN3O6S2. The number of hydrogen-bond acceptors (Lipinski definition) is 9. The molecule has 5 aromatic rings. The lowest BCUT2D eigenvalue weighted by atomic mass is 10.0. The summed E-state index contributed by atoms with van der Waals surface area (Å²) >= 11 is 1.42. The smallest absolute Gasteiger partial charge is 0.416 e. The minimum absolute atomic E-state index is 0.00331. The minimum Gasteiger partial charge on any atom is -0.443 e. The number of benzene rings is 3. The molecule has 2 aromatic heterocycles. The molecule has 0 unspecified atom stereocenters. The monoisotopic (exact) mass is 663 g/mol. The van der Waals surface area contributed by atoms with Crippen LogP contribution in [0, 0.1) is 12.7 Å². The molecule has 0 spiro atoms. The van der Waals surface area contributed by atoms with Crippen molar-refractivity contribution in [2.75, 3.05) is 31.3 Å². The van der Waals surface area contributed by atoms with E-state index in [0.717, 1.165) is 37.5 Å². The molecule has 0 atom stereocenters. The molecule has 0 fully saturated rings. The normalized spacial score (nSPS) is 11.9. The predicted octanol–water partition coefficient (Wildman–Crippen LogP) is 7.64. The maximum absolute atomic E-state index is 13.6. The number of anilines is 1. The number of nitrogens with zero attached hydrogens (tertiary/aromatic N) is 3. The van der Waals surface area contributed by atoms with E-state index in [4.69, 9.17) is 13.7 Å². The molecule has 0 aliphatic carbocycles. The van der Waals surface area contributed by atoms with E-state index in [1.165, 1.54) is 40.5 Å². The number of ether oxygens (including phenoxy) is 2. The largest absolute Gasteiger partial charge is 0.443 e. The summed E-state index contributed by atoms with van der Waals surface area (Å²) in [5, 5.41) is 0.789. The summed E-state index contributed by atoms with van der Waals surface area (Å²) in [6.07, 6.45) is 1.02. The van der Waals surface area contributed by atoms with Crippen LogP contribution in [0.15, 0.2) is 90.0 Å². The van der Waals surface area contributed by atoms with Gasteiger partial charge in [0.25, 0.3) is 10.1 Å². The minimum atomic E-state index is -3.91. The highest BCUT2D eigenvalue weighted by Gasteiger charge is 2.25. The first-order valence-corrected chi connectivity index (χ1v) is 16.8. The average molecular weight is 664 g/mol. The molecule has 46 heavy (non-hydrogen) atoms. The highest BCUT2D eigenvalue weighted by atomic mass is 32.2. The third-order valence-electron chi connectivity index (χ3n) is 6.69. The Hall–Kier alpha value is -4.23. The number of carbonyl (C=O) groups excluding carboxylic acids is 1. The summed E-state index contributed by atoms with van der Waals surface area (Å²) in [7, 11) is -3.91. The molecule has 0 saturated carbocycles. The number of thiazole rings is 1. The van der Waals surface area contributed by atoms with E-state index >= 15 is 0 Å². The third kappa shape index (κ3) is 8.52. The van der Waals surface area contributed by atoms with E-state index in [2.05, 4.69) is 9.97 Å². The van der Waals surface area contributed by atoms with Gasteiger partial charge in [0.1, 0.15) is 22.2 Å². The summed E-state index contributed by atoms with van der Waals surface area (Å²) in [6.45, 7) is 7.20. The first kappa shape index (κ1) is 33.1. The maximum atomic E-state index is 13.6. The lowest BCUT2D eigenvalue weighted by molar-refractivity contribution is 0.0552. The molecule has 1 amide bonds. The van der Waals surface area contributed by atoms with Crippen LogP contribution < -0.4 is 4.90 Å². The van der Waals surface area contributed by atoms with Crippen molar-refractivity contribution in [2.24, 2.45) is 0 Å². The SMILES string of the molecule is Cc1ccc(S(=O)(=O)OCCOCCN(C(=O)OC(C)(C)C)c2cc(-c3ccc(-c4nc5ccc(F)cc5s4)cc3)ccn2)cc1. The summed E-state index contributed by atoms with van der Waals surface area (Å²) in [5.74, 6) is 0.0720. The second-order valence-electron chi connectivity index (χ2n) is 11.4. The van der Waals surface area contributed by atoms with Gasteiger partial charge < -0.3 is 9.47 Å². The Balaban J connectivity index is 1.25. The number of aromatic nitrogens is 2. The fraction of sp³-hybridized carbons (Fsp3) is 0.265. The second-order valence-corrected chi connectivity index (χ2v) is 14.1. The fourth-order valence-corrected chi connectivity index (χ4v) is 6.31. The van der Waals surface area contributed by atoms with Crippen LogP contribution in [-0.4, -0.2) is 56.4 Å². The number of halogens is 1. The van der Waals surface area contributed by atoms with E-state index in [9.17, 15) is 17.6 Å². The Morgan fingerprint density at radius 3 is 2.33 bits per heavy atom. The standard InChI is InChI=1S/C34H34FN3O6S2/c1-23-5-12-28(13-6-23)46(40,41)43-20-19-42-18-17-38(33(39)44-34(2,3)4)31-21-26(15-16-36-31)24-7-9-25(10-8-24)32-37-29-14-11-27(35)22-30(29)45-32/h5-16,21-22H,17-20H2,1-4H3. The van der Waals surface area contributed by atoms with Crippen LogP contribution in [0.4, 0.5) is 15.0 Å². The zero-order valence-electron chi connectivity index (χ0n) is 25.9. The number of aryl methyl sites for hydroxylation is 1. The maximum Gasteiger partial charge on any atom is 0.416 e. The number of hydrogen-bond donors (Lipinski definition) is 0. The first-order chi connectivity index (χ1) is 21.9. The van der Waals surface area contributed by atoms with Crippen molar-refractivity contribution in [1.29, 1.82) is 0 Å². The van der Waals surface area contributed by atoms with E-state index in [0.29, 0.717) is 5.82 Å². The molecule has 9 nitrogen and oxygen atoms in total. The lowest BCUT2D eigenvalue weighted by Gasteiger charge is -2.27. The van der Waals surface area contributed by atoms with Gasteiger partial charge in [-0.25, -0.2) is 19.2 Å². The molecule has 0 bridgehead atoms. The Bertz CT molecular complexity index is 1920. The Labute approximate surface area is 271 Å². The zero-order valence-corrected chi connectivity index (χ0v) is 27.5. The number of fused-ring (bicyclic) bond motifs is 1. The Morgan fingerprint density at radius 1 is 0.891 bits per heavy atom. The van der Waals surface area contributed by atoms with E-state index in [-0.39, 0.29) is 37.1 Å². The van der Waals surface area contributed by atoms with Gasteiger partial charge in [0, 0.05) is 11.8 Å². The summed E-state index contributed by atoms with van der Waals surface area (Å²) < 4.78 is 55.6. The number of rotatable bonds is 11. The quantitative estimate of drug-likeness (QED) is 0.105. The van der Waals surface area contributed by atoms with Crippen LogP contribution in [0.2, 0.25) is 0 Å². The van der Waals surface area contributed by atoms with Crippen LogP contribution in [-0.2, 0) is 23.8 Å². The molecule has 0 aliphatic heterocycles. The molecule has 3 aromatic carbocycles. The van der Waals surface area contributed by atoms with Crippen molar-refractivity contribution in [2.45, 2.75) is 38.2 Å². The lowest BCUT2D eigenvalue weighted by Crippen LogP contribution is -2.39. The van der Waals surface area contributed by atoms with Gasteiger partial charge in [0.15, 0.2) is 0 Å².